The smallest absolute Gasteiger partial charge is 0.319 e. The van der Waals surface area contributed by atoms with Gasteiger partial charge in [-0.1, -0.05) is 23.2 Å². The number of hydrogen-bond donors (Lipinski definition) is 3. The number of nitrogens with one attached hydrogen (secondary N) is 3. The summed E-state index contributed by atoms with van der Waals surface area (Å²) in [6, 6.07) is 6.26. The lowest BCUT2D eigenvalue weighted by Gasteiger charge is -2.08. The quantitative estimate of drug-likeness (QED) is 0.811. The fourth-order valence-corrected chi connectivity index (χ4v) is 1.66. The Kier molecular flexibility index (Phi) is 4.07. The van der Waals surface area contributed by atoms with E-state index in [9.17, 15) is 4.79 Å². The zero-order valence-electron chi connectivity index (χ0n) is 9.21. The Hall–Kier alpha value is -1.72. The maximum absolute atomic E-state index is 11.6. The molecule has 1 aromatic carbocycles. The third-order valence-corrected chi connectivity index (χ3v) is 2.74. The number of nitrogens with zero attached hydrogens (tertiary/aromatic N) is 1. The minimum atomic E-state index is -0.367. The average molecular weight is 285 g/mol. The van der Waals surface area contributed by atoms with Crippen molar-refractivity contribution in [3.05, 3.63) is 46.2 Å². The zero-order chi connectivity index (χ0) is 13.0. The molecule has 0 atom stereocenters. The predicted octanol–water partition coefficient (Wildman–Crippen LogP) is 3.04. The molecule has 0 fully saturated rings. The number of benzene rings is 1. The molecular formula is C11H10Cl2N4O. The van der Waals surface area contributed by atoms with Gasteiger partial charge in [0, 0.05) is 11.2 Å². The van der Waals surface area contributed by atoms with Gasteiger partial charge in [-0.3, -0.25) is 5.10 Å². The number of anilines is 1. The molecule has 0 aliphatic heterocycles. The average Bonchev–Trinajstić information content (AvgIpc) is 2.84. The maximum Gasteiger partial charge on any atom is 0.319 e. The Morgan fingerprint density at radius 1 is 1.33 bits per heavy atom. The minimum Gasteiger partial charge on any atom is -0.332 e. The van der Waals surface area contributed by atoms with Gasteiger partial charge in [0.1, 0.15) is 0 Å². The fourth-order valence-electron chi connectivity index (χ4n) is 1.32. The summed E-state index contributed by atoms with van der Waals surface area (Å²) in [7, 11) is 0. The van der Waals surface area contributed by atoms with Crippen molar-refractivity contribution in [2.45, 2.75) is 6.54 Å². The van der Waals surface area contributed by atoms with E-state index in [0.29, 0.717) is 22.3 Å². The van der Waals surface area contributed by atoms with Crippen LogP contribution < -0.4 is 10.6 Å². The molecule has 0 bridgehead atoms. The Morgan fingerprint density at radius 2 is 2.17 bits per heavy atom. The highest BCUT2D eigenvalue weighted by Gasteiger charge is 2.06. The number of hydrogen-bond acceptors (Lipinski definition) is 2. The van der Waals surface area contributed by atoms with Gasteiger partial charge < -0.3 is 10.6 Å². The van der Waals surface area contributed by atoms with Crippen LogP contribution in [0.4, 0.5) is 10.5 Å². The van der Waals surface area contributed by atoms with Crippen molar-refractivity contribution in [3.63, 3.8) is 0 Å². The van der Waals surface area contributed by atoms with Gasteiger partial charge in [-0.2, -0.15) is 5.10 Å². The molecule has 0 aliphatic rings. The number of rotatable bonds is 3. The lowest BCUT2D eigenvalue weighted by molar-refractivity contribution is 0.251. The summed E-state index contributed by atoms with van der Waals surface area (Å²) in [4.78, 5) is 11.6. The number of urea groups is 1. The summed E-state index contributed by atoms with van der Waals surface area (Å²) >= 11 is 11.7. The number of H-pyrrole nitrogens is 1. The van der Waals surface area contributed by atoms with E-state index in [1.807, 2.05) is 0 Å². The Labute approximate surface area is 113 Å². The monoisotopic (exact) mass is 284 g/mol. The number of aromatic nitrogens is 2. The number of amides is 2. The van der Waals surface area contributed by atoms with Crippen molar-refractivity contribution < 1.29 is 4.79 Å². The summed E-state index contributed by atoms with van der Waals surface area (Å²) in [6.45, 7) is 0.351. The largest absolute Gasteiger partial charge is 0.332 e. The summed E-state index contributed by atoms with van der Waals surface area (Å²) in [5.74, 6) is 0. The molecule has 3 N–H and O–H groups in total. The Balaban J connectivity index is 1.92. The van der Waals surface area contributed by atoms with Crippen molar-refractivity contribution in [2.75, 3.05) is 5.32 Å². The Bertz CT molecular complexity index is 542. The van der Waals surface area contributed by atoms with E-state index >= 15 is 0 Å². The normalized spacial score (nSPS) is 10.1. The maximum atomic E-state index is 11.6. The van der Waals surface area contributed by atoms with Gasteiger partial charge in [0.15, 0.2) is 0 Å². The van der Waals surface area contributed by atoms with Crippen LogP contribution in [0, 0.1) is 0 Å². The van der Waals surface area contributed by atoms with Crippen LogP contribution in [-0.4, -0.2) is 16.2 Å². The van der Waals surface area contributed by atoms with Crippen LogP contribution in [0.25, 0.3) is 0 Å². The second-order valence-corrected chi connectivity index (χ2v) is 4.36. The summed E-state index contributed by atoms with van der Waals surface area (Å²) in [5, 5.41) is 12.7. The number of aromatic amines is 1. The Morgan fingerprint density at radius 3 is 2.89 bits per heavy atom. The van der Waals surface area contributed by atoms with Gasteiger partial charge in [0.25, 0.3) is 0 Å². The molecule has 2 rings (SSSR count). The first kappa shape index (κ1) is 12.7. The van der Waals surface area contributed by atoms with Crippen LogP contribution in [-0.2, 0) is 6.54 Å². The molecule has 0 saturated heterocycles. The first-order valence-corrected chi connectivity index (χ1v) is 5.89. The van der Waals surface area contributed by atoms with Crippen LogP contribution in [0.1, 0.15) is 5.69 Å². The minimum absolute atomic E-state index is 0.351. The third kappa shape index (κ3) is 3.38. The van der Waals surface area contributed by atoms with Crippen LogP contribution in [0.15, 0.2) is 30.5 Å². The fraction of sp³-hybridized carbons (Fsp3) is 0.0909. The molecule has 0 aliphatic carbocycles. The van der Waals surface area contributed by atoms with Gasteiger partial charge in [0.2, 0.25) is 0 Å². The zero-order valence-corrected chi connectivity index (χ0v) is 10.7. The molecular weight excluding hydrogens is 275 g/mol. The van der Waals surface area contributed by atoms with Gasteiger partial charge in [-0.05, 0) is 24.3 Å². The van der Waals surface area contributed by atoms with Crippen molar-refractivity contribution >= 4 is 34.9 Å². The SMILES string of the molecule is O=C(NCc1ccn[nH]1)Nc1cc(Cl)ccc1Cl. The van der Waals surface area contributed by atoms with E-state index < -0.39 is 0 Å². The van der Waals surface area contributed by atoms with E-state index in [4.69, 9.17) is 23.2 Å². The van der Waals surface area contributed by atoms with Crippen molar-refractivity contribution in [1.82, 2.24) is 15.5 Å². The molecule has 0 radical (unpaired) electrons. The molecule has 7 heteroatoms. The van der Waals surface area contributed by atoms with Crippen molar-refractivity contribution in [2.24, 2.45) is 0 Å². The van der Waals surface area contributed by atoms with Crippen molar-refractivity contribution in [3.8, 4) is 0 Å². The van der Waals surface area contributed by atoms with E-state index in [1.165, 1.54) is 0 Å². The highest BCUT2D eigenvalue weighted by atomic mass is 35.5. The summed E-state index contributed by atoms with van der Waals surface area (Å²) in [6.07, 6.45) is 1.61. The molecule has 0 saturated carbocycles. The number of carbonyl (C=O) groups is 1. The van der Waals surface area contributed by atoms with E-state index in [-0.39, 0.29) is 6.03 Å². The molecule has 5 nitrogen and oxygen atoms in total. The van der Waals surface area contributed by atoms with E-state index in [2.05, 4.69) is 20.8 Å². The van der Waals surface area contributed by atoms with Crippen LogP contribution in [0.3, 0.4) is 0 Å². The number of halogens is 2. The topological polar surface area (TPSA) is 69.8 Å². The van der Waals surface area contributed by atoms with E-state index in [1.54, 1.807) is 30.5 Å². The second kappa shape index (κ2) is 5.75. The van der Waals surface area contributed by atoms with E-state index in [0.717, 1.165) is 5.69 Å². The van der Waals surface area contributed by atoms with Gasteiger partial charge in [-0.25, -0.2) is 4.79 Å². The summed E-state index contributed by atoms with van der Waals surface area (Å²) < 4.78 is 0. The predicted molar refractivity (Wildman–Crippen MR) is 70.9 cm³/mol. The first-order chi connectivity index (χ1) is 8.65. The molecule has 2 amide bonds. The van der Waals surface area contributed by atoms with Gasteiger partial charge in [-0.15, -0.1) is 0 Å². The van der Waals surface area contributed by atoms with Gasteiger partial charge in [0.05, 0.1) is 22.9 Å². The van der Waals surface area contributed by atoms with Crippen molar-refractivity contribution in [1.29, 1.82) is 0 Å². The first-order valence-electron chi connectivity index (χ1n) is 5.13. The van der Waals surface area contributed by atoms with Gasteiger partial charge >= 0.3 is 6.03 Å². The highest BCUT2D eigenvalue weighted by Crippen LogP contribution is 2.25. The molecule has 18 heavy (non-hydrogen) atoms. The molecule has 2 aromatic rings. The van der Waals surface area contributed by atoms with Crippen LogP contribution in [0.2, 0.25) is 10.0 Å². The molecule has 0 unspecified atom stereocenters. The molecule has 1 heterocycles. The highest BCUT2D eigenvalue weighted by molar-refractivity contribution is 6.35. The lowest BCUT2D eigenvalue weighted by atomic mass is 10.3. The van der Waals surface area contributed by atoms with Crippen LogP contribution >= 0.6 is 23.2 Å². The lowest BCUT2D eigenvalue weighted by Crippen LogP contribution is -2.28. The third-order valence-electron chi connectivity index (χ3n) is 2.17. The summed E-state index contributed by atoms with van der Waals surface area (Å²) in [5.41, 5.74) is 1.27. The second-order valence-electron chi connectivity index (χ2n) is 3.51. The molecule has 1 aromatic heterocycles. The molecule has 94 valence electrons. The number of carbonyl (C=O) groups excluding carboxylic acids is 1. The van der Waals surface area contributed by atoms with Crippen LogP contribution in [0.5, 0.6) is 0 Å². The molecule has 0 spiro atoms. The standard InChI is InChI=1S/C11H10Cl2N4O/c12-7-1-2-9(13)10(5-7)16-11(18)14-6-8-3-4-15-17-8/h1-5H,6H2,(H,15,17)(H2,14,16,18).